The molecule has 1 N–H and O–H groups in total. The van der Waals surface area contributed by atoms with Crippen molar-refractivity contribution in [2.45, 2.75) is 33.2 Å². The van der Waals surface area contributed by atoms with Gasteiger partial charge in [0.05, 0.1) is 16.8 Å². The van der Waals surface area contributed by atoms with Gasteiger partial charge in [-0.2, -0.15) is 0 Å². The van der Waals surface area contributed by atoms with E-state index >= 15 is 0 Å². The van der Waals surface area contributed by atoms with E-state index in [0.717, 1.165) is 28.1 Å². The highest BCUT2D eigenvalue weighted by Gasteiger charge is 2.19. The predicted octanol–water partition coefficient (Wildman–Crippen LogP) is 4.58. The van der Waals surface area contributed by atoms with Crippen molar-refractivity contribution >= 4 is 34.2 Å². The van der Waals surface area contributed by atoms with Gasteiger partial charge in [0.25, 0.3) is 0 Å². The lowest BCUT2D eigenvalue weighted by molar-refractivity contribution is 0.485. The Morgan fingerprint density at radius 3 is 2.89 bits per heavy atom. The fraction of sp³-hybridized carbons (Fsp3) is 0.500. The van der Waals surface area contributed by atoms with E-state index in [4.69, 9.17) is 16.6 Å². The van der Waals surface area contributed by atoms with Gasteiger partial charge in [0.15, 0.2) is 5.17 Å². The fourth-order valence-electron chi connectivity index (χ4n) is 1.92. The Bertz CT molecular complexity index is 457. The first-order valence-electron chi connectivity index (χ1n) is 6.30. The van der Waals surface area contributed by atoms with Crippen LogP contribution in [0, 0.1) is 12.8 Å². The molecule has 1 aromatic carbocycles. The molecule has 0 aliphatic carbocycles. The summed E-state index contributed by atoms with van der Waals surface area (Å²) in [6.45, 7) is 6.48. The number of hydrogen-bond donors (Lipinski definition) is 1. The Balaban J connectivity index is 2.13. The van der Waals surface area contributed by atoms with Crippen LogP contribution in [-0.4, -0.2) is 17.0 Å². The number of nitrogens with one attached hydrogen (secondary N) is 1. The van der Waals surface area contributed by atoms with Crippen LogP contribution in [-0.2, 0) is 0 Å². The van der Waals surface area contributed by atoms with Crippen LogP contribution < -0.4 is 5.32 Å². The Morgan fingerprint density at radius 2 is 2.22 bits per heavy atom. The van der Waals surface area contributed by atoms with Crippen LogP contribution in [0.2, 0.25) is 5.02 Å². The first-order valence-corrected chi connectivity index (χ1v) is 7.66. The third-order valence-corrected chi connectivity index (χ3v) is 4.30. The summed E-state index contributed by atoms with van der Waals surface area (Å²) in [5.74, 6) is 1.72. The number of nitrogens with zero attached hydrogens (tertiary/aromatic N) is 1. The van der Waals surface area contributed by atoms with E-state index in [1.54, 1.807) is 11.8 Å². The molecule has 0 saturated carbocycles. The number of hydrogen-bond acceptors (Lipinski definition) is 3. The lowest BCUT2D eigenvalue weighted by Crippen LogP contribution is -2.23. The lowest BCUT2D eigenvalue weighted by Gasteiger charge is -2.23. The number of amidine groups is 1. The molecule has 0 fully saturated rings. The zero-order valence-electron chi connectivity index (χ0n) is 11.0. The normalized spacial score (nSPS) is 19.8. The van der Waals surface area contributed by atoms with Gasteiger partial charge in [-0.1, -0.05) is 43.3 Å². The monoisotopic (exact) mass is 282 g/mol. The smallest absolute Gasteiger partial charge is 0.161 e. The Morgan fingerprint density at radius 1 is 1.44 bits per heavy atom. The highest BCUT2D eigenvalue weighted by molar-refractivity contribution is 8.14. The van der Waals surface area contributed by atoms with Crippen molar-refractivity contribution in [3.8, 4) is 0 Å². The molecule has 1 aromatic rings. The molecule has 0 aromatic heterocycles. The molecule has 98 valence electrons. The zero-order chi connectivity index (χ0) is 13.1. The summed E-state index contributed by atoms with van der Waals surface area (Å²) in [6.07, 6.45) is 1.16. The largest absolute Gasteiger partial charge is 0.334 e. The fourth-order valence-corrected chi connectivity index (χ4v) is 3.14. The van der Waals surface area contributed by atoms with Crippen LogP contribution in [0.15, 0.2) is 23.2 Å². The second-order valence-electron chi connectivity index (χ2n) is 4.99. The molecule has 4 heteroatoms. The third kappa shape index (κ3) is 3.42. The molecule has 0 radical (unpaired) electrons. The van der Waals surface area contributed by atoms with Gasteiger partial charge in [0.1, 0.15) is 0 Å². The molecule has 0 amide bonds. The number of aryl methyl sites for hydroxylation is 1. The molecule has 1 heterocycles. The molecule has 18 heavy (non-hydrogen) atoms. The molecular formula is C14H19ClN2S. The van der Waals surface area contributed by atoms with E-state index in [2.05, 4.69) is 25.2 Å². The molecule has 0 spiro atoms. The molecule has 0 bridgehead atoms. The van der Waals surface area contributed by atoms with Crippen LogP contribution in [0.3, 0.4) is 0 Å². The summed E-state index contributed by atoms with van der Waals surface area (Å²) in [4.78, 5) is 4.75. The van der Waals surface area contributed by atoms with Gasteiger partial charge in [-0.3, -0.25) is 4.99 Å². The van der Waals surface area contributed by atoms with Crippen molar-refractivity contribution in [3.05, 3.63) is 28.8 Å². The lowest BCUT2D eigenvalue weighted by atomic mass is 10.0. The summed E-state index contributed by atoms with van der Waals surface area (Å²) in [7, 11) is 0. The quantitative estimate of drug-likeness (QED) is 0.859. The highest BCUT2D eigenvalue weighted by Crippen LogP contribution is 2.27. The van der Waals surface area contributed by atoms with E-state index < -0.39 is 0 Å². The average molecular weight is 283 g/mol. The summed E-state index contributed by atoms with van der Waals surface area (Å²) < 4.78 is 0. The second-order valence-corrected chi connectivity index (χ2v) is 6.48. The zero-order valence-corrected chi connectivity index (χ0v) is 12.6. The van der Waals surface area contributed by atoms with E-state index in [-0.39, 0.29) is 0 Å². The van der Waals surface area contributed by atoms with Gasteiger partial charge >= 0.3 is 0 Å². The number of rotatable bonds is 2. The summed E-state index contributed by atoms with van der Waals surface area (Å²) in [5.41, 5.74) is 2.11. The van der Waals surface area contributed by atoms with Gasteiger partial charge in [0.2, 0.25) is 0 Å². The van der Waals surface area contributed by atoms with Gasteiger partial charge in [-0.15, -0.1) is 0 Å². The van der Waals surface area contributed by atoms with E-state index in [1.165, 1.54) is 5.56 Å². The van der Waals surface area contributed by atoms with Crippen molar-refractivity contribution in [2.24, 2.45) is 10.9 Å². The minimum Gasteiger partial charge on any atom is -0.334 e. The number of benzene rings is 1. The number of anilines is 1. The van der Waals surface area contributed by atoms with Crippen LogP contribution in [0.25, 0.3) is 0 Å². The van der Waals surface area contributed by atoms with Crippen LogP contribution in [0.5, 0.6) is 0 Å². The molecular weight excluding hydrogens is 264 g/mol. The first kappa shape index (κ1) is 13.8. The van der Waals surface area contributed by atoms with Crippen molar-refractivity contribution in [3.63, 3.8) is 0 Å². The van der Waals surface area contributed by atoms with Crippen molar-refractivity contribution in [1.82, 2.24) is 0 Å². The maximum Gasteiger partial charge on any atom is 0.161 e. The van der Waals surface area contributed by atoms with Crippen molar-refractivity contribution in [2.75, 3.05) is 11.1 Å². The number of aliphatic imine (C=N–C) groups is 1. The molecule has 0 saturated heterocycles. The Kier molecular flexibility index (Phi) is 4.57. The molecule has 2 rings (SSSR count). The molecule has 1 atom stereocenters. The van der Waals surface area contributed by atoms with Crippen molar-refractivity contribution < 1.29 is 0 Å². The molecule has 2 nitrogen and oxygen atoms in total. The van der Waals surface area contributed by atoms with Gasteiger partial charge in [-0.05, 0) is 37.0 Å². The van der Waals surface area contributed by atoms with Crippen LogP contribution in [0.4, 0.5) is 5.69 Å². The maximum absolute atomic E-state index is 6.22. The minimum absolute atomic E-state index is 0.429. The van der Waals surface area contributed by atoms with Crippen LogP contribution >= 0.6 is 23.4 Å². The van der Waals surface area contributed by atoms with Gasteiger partial charge in [0, 0.05) is 5.75 Å². The number of thioether (sulfide) groups is 1. The Hall–Kier alpha value is -0.670. The van der Waals surface area contributed by atoms with Gasteiger partial charge < -0.3 is 5.32 Å². The topological polar surface area (TPSA) is 24.4 Å². The number of halogens is 1. The standard InChI is InChI=1S/C14H19ClN2S/c1-9(2)12-6-7-18-14(16-12)17-13-5-4-10(3)8-11(13)15/h4-5,8-9,12H,6-7H2,1-3H3,(H,16,17). The van der Waals surface area contributed by atoms with Crippen LogP contribution in [0.1, 0.15) is 25.8 Å². The molecule has 1 aliphatic heterocycles. The van der Waals surface area contributed by atoms with Gasteiger partial charge in [-0.25, -0.2) is 0 Å². The van der Waals surface area contributed by atoms with E-state index in [1.807, 2.05) is 19.1 Å². The van der Waals surface area contributed by atoms with Crippen molar-refractivity contribution in [1.29, 1.82) is 0 Å². The third-order valence-electron chi connectivity index (χ3n) is 3.07. The summed E-state index contributed by atoms with van der Waals surface area (Å²) in [5, 5.41) is 5.09. The van der Waals surface area contributed by atoms with E-state index in [0.29, 0.717) is 12.0 Å². The predicted molar refractivity (Wildman–Crippen MR) is 82.9 cm³/mol. The van der Waals surface area contributed by atoms with E-state index in [9.17, 15) is 0 Å². The second kappa shape index (κ2) is 5.98. The summed E-state index contributed by atoms with van der Waals surface area (Å²) in [6, 6.07) is 6.47. The first-order chi connectivity index (χ1) is 8.56. The average Bonchev–Trinajstić information content (AvgIpc) is 2.33. The maximum atomic E-state index is 6.22. The minimum atomic E-state index is 0.429. The SMILES string of the molecule is Cc1ccc(NC2=NC(C(C)C)CCS2)c(Cl)c1. The summed E-state index contributed by atoms with van der Waals surface area (Å²) >= 11 is 7.99. The molecule has 1 unspecified atom stereocenters. The molecule has 1 aliphatic rings. The highest BCUT2D eigenvalue weighted by atomic mass is 35.5. The Labute approximate surface area is 118 Å².